The lowest BCUT2D eigenvalue weighted by molar-refractivity contribution is 0.235. The fraction of sp³-hybridized carbons (Fsp3) is 0.182. The minimum atomic E-state index is -3.84. The van der Waals surface area contributed by atoms with Gasteiger partial charge in [0.05, 0.1) is 12.8 Å². The summed E-state index contributed by atoms with van der Waals surface area (Å²) in [6, 6.07) is 18.4. The SMILES string of the molecule is COS(=O)(=O)c1ccc(C)cc1C1Cc2cccc(Nc3ccc(Cl)cc3)c2O1. The predicted octanol–water partition coefficient (Wildman–Crippen LogP) is 5.40. The third-order valence-corrected chi connectivity index (χ3v) is 6.49. The number of hydrogen-bond donors (Lipinski definition) is 1. The maximum Gasteiger partial charge on any atom is 0.297 e. The van der Waals surface area contributed by atoms with E-state index in [2.05, 4.69) is 5.32 Å². The molecule has 7 heteroatoms. The van der Waals surface area contributed by atoms with Crippen molar-refractivity contribution in [2.24, 2.45) is 0 Å². The highest BCUT2D eigenvalue weighted by atomic mass is 35.5. The van der Waals surface area contributed by atoms with Gasteiger partial charge in [0.1, 0.15) is 16.7 Å². The average molecular weight is 430 g/mol. The first kappa shape index (κ1) is 19.8. The lowest BCUT2D eigenvalue weighted by Gasteiger charge is -2.17. The molecule has 1 aliphatic heterocycles. The van der Waals surface area contributed by atoms with Gasteiger partial charge in [-0.25, -0.2) is 0 Å². The molecule has 150 valence electrons. The van der Waals surface area contributed by atoms with E-state index in [-0.39, 0.29) is 4.90 Å². The Bertz CT molecular complexity index is 1160. The van der Waals surface area contributed by atoms with Crippen LogP contribution < -0.4 is 10.1 Å². The van der Waals surface area contributed by atoms with Gasteiger partial charge >= 0.3 is 0 Å². The molecule has 0 fully saturated rings. The van der Waals surface area contributed by atoms with Crippen LogP contribution in [0.1, 0.15) is 22.8 Å². The van der Waals surface area contributed by atoms with Gasteiger partial charge in [-0.05, 0) is 43.3 Å². The molecule has 4 rings (SSSR count). The zero-order chi connectivity index (χ0) is 20.6. The van der Waals surface area contributed by atoms with Crippen molar-refractivity contribution >= 4 is 33.1 Å². The Hall–Kier alpha value is -2.54. The van der Waals surface area contributed by atoms with Gasteiger partial charge in [0.25, 0.3) is 10.1 Å². The van der Waals surface area contributed by atoms with Gasteiger partial charge in [0, 0.05) is 28.3 Å². The second-order valence-corrected chi connectivity index (χ2v) is 9.02. The highest BCUT2D eigenvalue weighted by Gasteiger charge is 2.31. The summed E-state index contributed by atoms with van der Waals surface area (Å²) in [4.78, 5) is 0.135. The number of fused-ring (bicyclic) bond motifs is 1. The molecular weight excluding hydrogens is 410 g/mol. The van der Waals surface area contributed by atoms with Gasteiger partial charge < -0.3 is 10.1 Å². The Labute approximate surface area is 175 Å². The monoisotopic (exact) mass is 429 g/mol. The van der Waals surface area contributed by atoms with E-state index in [0.717, 1.165) is 35.4 Å². The maximum absolute atomic E-state index is 12.4. The molecular formula is C22H20ClNO4S. The molecule has 5 nitrogen and oxygen atoms in total. The summed E-state index contributed by atoms with van der Waals surface area (Å²) in [5.41, 5.74) is 4.26. The topological polar surface area (TPSA) is 64.6 Å². The molecule has 0 radical (unpaired) electrons. The zero-order valence-electron chi connectivity index (χ0n) is 16.0. The number of rotatable bonds is 5. The highest BCUT2D eigenvalue weighted by Crippen LogP contribution is 2.44. The molecule has 1 N–H and O–H groups in total. The smallest absolute Gasteiger partial charge is 0.297 e. The van der Waals surface area contributed by atoms with Crippen molar-refractivity contribution in [1.29, 1.82) is 0 Å². The number of benzene rings is 3. The summed E-state index contributed by atoms with van der Waals surface area (Å²) in [7, 11) is -2.68. The Morgan fingerprint density at radius 3 is 2.59 bits per heavy atom. The number of anilines is 2. The van der Waals surface area contributed by atoms with Crippen LogP contribution in [0.5, 0.6) is 5.75 Å². The molecule has 1 unspecified atom stereocenters. The fourth-order valence-corrected chi connectivity index (χ4v) is 4.49. The summed E-state index contributed by atoms with van der Waals surface area (Å²) < 4.78 is 35.8. The van der Waals surface area contributed by atoms with Crippen molar-refractivity contribution in [3.05, 3.63) is 82.4 Å². The summed E-state index contributed by atoms with van der Waals surface area (Å²) in [5.74, 6) is 0.717. The minimum absolute atomic E-state index is 0.135. The lowest BCUT2D eigenvalue weighted by Crippen LogP contribution is -2.12. The molecule has 0 amide bonds. The van der Waals surface area contributed by atoms with Crippen LogP contribution in [0.15, 0.2) is 65.6 Å². The molecule has 3 aromatic carbocycles. The van der Waals surface area contributed by atoms with Crippen LogP contribution in [0.2, 0.25) is 5.02 Å². The van der Waals surface area contributed by atoms with Crippen molar-refractivity contribution in [3.63, 3.8) is 0 Å². The van der Waals surface area contributed by atoms with Crippen LogP contribution >= 0.6 is 11.6 Å². The molecule has 1 aliphatic rings. The van der Waals surface area contributed by atoms with Gasteiger partial charge in [0.2, 0.25) is 0 Å². The lowest BCUT2D eigenvalue weighted by atomic mass is 10.0. The van der Waals surface area contributed by atoms with Gasteiger partial charge in [0.15, 0.2) is 0 Å². The molecule has 29 heavy (non-hydrogen) atoms. The van der Waals surface area contributed by atoms with Gasteiger partial charge in [-0.2, -0.15) is 8.42 Å². The third-order valence-electron chi connectivity index (χ3n) is 4.89. The number of para-hydroxylation sites is 1. The molecule has 0 saturated carbocycles. The van der Waals surface area contributed by atoms with Gasteiger partial charge in [-0.3, -0.25) is 4.18 Å². The summed E-state index contributed by atoms with van der Waals surface area (Å²) in [6.45, 7) is 1.92. The van der Waals surface area contributed by atoms with E-state index in [1.54, 1.807) is 12.1 Å². The van der Waals surface area contributed by atoms with E-state index in [1.807, 2.05) is 55.5 Å². The van der Waals surface area contributed by atoms with Gasteiger partial charge in [-0.15, -0.1) is 0 Å². The van der Waals surface area contributed by atoms with Crippen LogP contribution in [-0.4, -0.2) is 15.5 Å². The first-order valence-corrected chi connectivity index (χ1v) is 10.9. The minimum Gasteiger partial charge on any atom is -0.483 e. The largest absolute Gasteiger partial charge is 0.483 e. The third kappa shape index (κ3) is 3.96. The van der Waals surface area contributed by atoms with E-state index >= 15 is 0 Å². The predicted molar refractivity (Wildman–Crippen MR) is 114 cm³/mol. The first-order valence-electron chi connectivity index (χ1n) is 9.10. The Morgan fingerprint density at radius 1 is 1.10 bits per heavy atom. The first-order chi connectivity index (χ1) is 13.9. The van der Waals surface area contributed by atoms with E-state index < -0.39 is 16.2 Å². The number of ether oxygens (including phenoxy) is 1. The number of halogens is 1. The van der Waals surface area contributed by atoms with Crippen LogP contribution in [0, 0.1) is 6.92 Å². The standard InChI is InChI=1S/C22H20ClNO4S/c1-14-6-11-21(29(25,26)27-2)18(12-14)20-13-15-4-3-5-19(22(15)28-20)24-17-9-7-16(23)8-10-17/h3-12,20,24H,13H2,1-2H3. The second-order valence-electron chi connectivity index (χ2n) is 6.90. The molecule has 3 aromatic rings. The Morgan fingerprint density at radius 2 is 1.86 bits per heavy atom. The fourth-order valence-electron chi connectivity index (χ4n) is 3.47. The van der Waals surface area contributed by atoms with Crippen molar-refractivity contribution in [2.45, 2.75) is 24.3 Å². The summed E-state index contributed by atoms with van der Waals surface area (Å²) in [5, 5.41) is 4.01. The maximum atomic E-state index is 12.4. The number of nitrogens with one attached hydrogen (secondary N) is 1. The number of hydrogen-bond acceptors (Lipinski definition) is 5. The second kappa shape index (κ2) is 7.71. The van der Waals surface area contributed by atoms with E-state index in [0.29, 0.717) is 17.0 Å². The molecule has 0 aliphatic carbocycles. The van der Waals surface area contributed by atoms with E-state index in [4.69, 9.17) is 20.5 Å². The van der Waals surface area contributed by atoms with Crippen LogP contribution in [-0.2, 0) is 20.7 Å². The van der Waals surface area contributed by atoms with Crippen molar-refractivity contribution in [1.82, 2.24) is 0 Å². The molecule has 0 spiro atoms. The van der Waals surface area contributed by atoms with Gasteiger partial charge in [-0.1, -0.05) is 41.4 Å². The van der Waals surface area contributed by atoms with Crippen LogP contribution in [0.25, 0.3) is 0 Å². The number of aryl methyl sites for hydroxylation is 1. The average Bonchev–Trinajstić information content (AvgIpc) is 3.15. The van der Waals surface area contributed by atoms with E-state index in [1.165, 1.54) is 0 Å². The summed E-state index contributed by atoms with van der Waals surface area (Å²) in [6.07, 6.45) is 0.152. The van der Waals surface area contributed by atoms with Crippen molar-refractivity contribution in [3.8, 4) is 5.75 Å². The Kier molecular flexibility index (Phi) is 5.25. The quantitative estimate of drug-likeness (QED) is 0.550. The Balaban J connectivity index is 1.68. The molecule has 1 atom stereocenters. The molecule has 0 saturated heterocycles. The normalized spacial score (nSPS) is 15.6. The van der Waals surface area contributed by atoms with Crippen LogP contribution in [0.3, 0.4) is 0 Å². The molecule has 0 bridgehead atoms. The summed E-state index contributed by atoms with van der Waals surface area (Å²) >= 11 is 5.96. The van der Waals surface area contributed by atoms with E-state index in [9.17, 15) is 8.42 Å². The molecule has 1 heterocycles. The zero-order valence-corrected chi connectivity index (χ0v) is 17.5. The highest BCUT2D eigenvalue weighted by molar-refractivity contribution is 7.86. The molecule has 0 aromatic heterocycles. The van der Waals surface area contributed by atoms with Crippen molar-refractivity contribution in [2.75, 3.05) is 12.4 Å². The van der Waals surface area contributed by atoms with Crippen molar-refractivity contribution < 1.29 is 17.3 Å². The van der Waals surface area contributed by atoms with Crippen LogP contribution in [0.4, 0.5) is 11.4 Å².